The van der Waals surface area contributed by atoms with Crippen molar-refractivity contribution in [1.29, 1.82) is 0 Å². The number of hydrogen-bond acceptors (Lipinski definition) is 5. The maximum atomic E-state index is 13.2. The predicted octanol–water partition coefficient (Wildman–Crippen LogP) is 3.39. The van der Waals surface area contributed by atoms with Crippen molar-refractivity contribution in [2.75, 3.05) is 32.0 Å². The highest BCUT2D eigenvalue weighted by Crippen LogP contribution is 2.56. The Morgan fingerprint density at radius 3 is 2.53 bits per heavy atom. The molecule has 1 saturated carbocycles. The summed E-state index contributed by atoms with van der Waals surface area (Å²) in [5.41, 5.74) is 5.40. The summed E-state index contributed by atoms with van der Waals surface area (Å²) in [5, 5.41) is 0. The Hall–Kier alpha value is -2.13. The number of imidazole rings is 1. The van der Waals surface area contributed by atoms with Crippen LogP contribution < -0.4 is 5.73 Å². The van der Waals surface area contributed by atoms with Crippen molar-refractivity contribution < 1.29 is 17.9 Å². The third-order valence-electron chi connectivity index (χ3n) is 6.85. The van der Waals surface area contributed by atoms with Gasteiger partial charge in [0.15, 0.2) is 0 Å². The SMILES string of the molecule is CCc1nc(-c2cnc(N)c(C(F)(F)F)c2)cn1[C@H]1[C@@H]2CN(C3CCOCC3)C[C@@H]21. The van der Waals surface area contributed by atoms with Crippen molar-refractivity contribution in [2.45, 2.75) is 44.4 Å². The van der Waals surface area contributed by atoms with Crippen LogP contribution >= 0.6 is 0 Å². The molecule has 0 unspecified atom stereocenters. The Labute approximate surface area is 173 Å². The number of piperidine rings is 1. The summed E-state index contributed by atoms with van der Waals surface area (Å²) in [6, 6.07) is 2.06. The van der Waals surface area contributed by atoms with Gasteiger partial charge in [-0.05, 0) is 30.7 Å². The van der Waals surface area contributed by atoms with Gasteiger partial charge < -0.3 is 15.0 Å². The van der Waals surface area contributed by atoms with E-state index in [1.54, 1.807) is 0 Å². The van der Waals surface area contributed by atoms with E-state index in [2.05, 4.69) is 19.4 Å². The number of alkyl halides is 3. The Bertz CT molecular complexity index is 925. The summed E-state index contributed by atoms with van der Waals surface area (Å²) >= 11 is 0. The fourth-order valence-electron chi connectivity index (χ4n) is 5.22. The number of nitrogens with two attached hydrogens (primary N) is 1. The molecule has 3 fully saturated rings. The summed E-state index contributed by atoms with van der Waals surface area (Å²) < 4.78 is 47.3. The lowest BCUT2D eigenvalue weighted by Gasteiger charge is -2.32. The number of anilines is 1. The summed E-state index contributed by atoms with van der Waals surface area (Å²) in [6.45, 7) is 5.88. The Morgan fingerprint density at radius 1 is 1.20 bits per heavy atom. The topological polar surface area (TPSA) is 69.2 Å². The van der Waals surface area contributed by atoms with Crippen LogP contribution in [-0.4, -0.2) is 51.8 Å². The minimum Gasteiger partial charge on any atom is -0.383 e. The van der Waals surface area contributed by atoms with E-state index in [4.69, 9.17) is 10.5 Å². The fourth-order valence-corrected chi connectivity index (χ4v) is 5.22. The highest BCUT2D eigenvalue weighted by atomic mass is 19.4. The van der Waals surface area contributed by atoms with Crippen molar-refractivity contribution in [3.8, 4) is 11.3 Å². The van der Waals surface area contributed by atoms with Crippen LogP contribution in [0.15, 0.2) is 18.5 Å². The van der Waals surface area contributed by atoms with E-state index < -0.39 is 17.6 Å². The van der Waals surface area contributed by atoms with Crippen LogP contribution in [-0.2, 0) is 17.3 Å². The Morgan fingerprint density at radius 2 is 1.90 bits per heavy atom. The van der Waals surface area contributed by atoms with Crippen molar-refractivity contribution in [1.82, 2.24) is 19.4 Å². The van der Waals surface area contributed by atoms with E-state index in [-0.39, 0.29) is 0 Å². The highest BCUT2D eigenvalue weighted by molar-refractivity contribution is 5.62. The molecule has 0 bridgehead atoms. The van der Waals surface area contributed by atoms with Gasteiger partial charge in [-0.15, -0.1) is 0 Å². The monoisotopic (exact) mass is 421 g/mol. The average Bonchev–Trinajstić information content (AvgIpc) is 3.08. The van der Waals surface area contributed by atoms with Crippen LogP contribution in [0.3, 0.4) is 0 Å². The highest BCUT2D eigenvalue weighted by Gasteiger charge is 2.58. The molecule has 4 heterocycles. The third-order valence-corrected chi connectivity index (χ3v) is 6.85. The van der Waals surface area contributed by atoms with Crippen LogP contribution in [0.5, 0.6) is 0 Å². The van der Waals surface area contributed by atoms with Crippen LogP contribution in [0.2, 0.25) is 0 Å². The maximum absolute atomic E-state index is 13.2. The summed E-state index contributed by atoms with van der Waals surface area (Å²) in [4.78, 5) is 11.0. The molecule has 2 aromatic rings. The molecule has 2 aromatic heterocycles. The van der Waals surface area contributed by atoms with Crippen LogP contribution in [0, 0.1) is 11.8 Å². The number of nitrogen functional groups attached to an aromatic ring is 1. The van der Waals surface area contributed by atoms with Gasteiger partial charge >= 0.3 is 6.18 Å². The van der Waals surface area contributed by atoms with E-state index in [0.29, 0.717) is 35.2 Å². The molecule has 0 spiro atoms. The summed E-state index contributed by atoms with van der Waals surface area (Å²) in [7, 11) is 0. The van der Waals surface area contributed by atoms with Crippen LogP contribution in [0.25, 0.3) is 11.3 Å². The number of aryl methyl sites for hydroxylation is 1. The van der Waals surface area contributed by atoms with Gasteiger partial charge in [0.05, 0.1) is 11.3 Å². The van der Waals surface area contributed by atoms with Crippen molar-refractivity contribution in [3.63, 3.8) is 0 Å². The number of nitrogens with zero attached hydrogens (tertiary/aromatic N) is 4. The smallest absolute Gasteiger partial charge is 0.383 e. The summed E-state index contributed by atoms with van der Waals surface area (Å²) in [6.07, 6.45) is 1.67. The molecular weight excluding hydrogens is 395 g/mol. The first-order valence-corrected chi connectivity index (χ1v) is 10.6. The second kappa shape index (κ2) is 7.23. The molecule has 5 rings (SSSR count). The predicted molar refractivity (Wildman–Crippen MR) is 106 cm³/mol. The quantitative estimate of drug-likeness (QED) is 0.820. The summed E-state index contributed by atoms with van der Waals surface area (Å²) in [5.74, 6) is 1.59. The molecule has 9 heteroatoms. The number of likely N-dealkylation sites (tertiary alicyclic amines) is 1. The van der Waals surface area contributed by atoms with E-state index in [1.165, 1.54) is 6.20 Å². The van der Waals surface area contributed by atoms with Crippen molar-refractivity contribution in [2.24, 2.45) is 11.8 Å². The van der Waals surface area contributed by atoms with E-state index in [9.17, 15) is 13.2 Å². The van der Waals surface area contributed by atoms with E-state index >= 15 is 0 Å². The second-order valence-corrected chi connectivity index (χ2v) is 8.57. The van der Waals surface area contributed by atoms with Gasteiger partial charge in [0.1, 0.15) is 11.6 Å². The molecule has 3 atom stereocenters. The van der Waals surface area contributed by atoms with E-state index in [1.807, 2.05) is 13.1 Å². The molecule has 0 amide bonds. The number of fused-ring (bicyclic) bond motifs is 1. The number of aromatic nitrogens is 3. The minimum absolute atomic E-state index is 0.347. The molecule has 162 valence electrons. The zero-order valence-corrected chi connectivity index (χ0v) is 16.9. The molecule has 0 radical (unpaired) electrons. The van der Waals surface area contributed by atoms with Gasteiger partial charge in [-0.2, -0.15) is 13.2 Å². The molecule has 3 aliphatic rings. The molecular formula is C21H26F3N5O. The van der Waals surface area contributed by atoms with Gasteiger partial charge in [-0.1, -0.05) is 6.92 Å². The molecule has 0 aromatic carbocycles. The zero-order valence-electron chi connectivity index (χ0n) is 16.9. The van der Waals surface area contributed by atoms with Crippen LogP contribution in [0.1, 0.15) is 37.2 Å². The lowest BCUT2D eigenvalue weighted by molar-refractivity contribution is -0.137. The first-order valence-electron chi connectivity index (χ1n) is 10.6. The van der Waals surface area contributed by atoms with Gasteiger partial charge in [-0.25, -0.2) is 9.97 Å². The standard InChI is InChI=1S/C21H26F3N5O/c1-2-18-27-17(12-7-16(21(22,23)24)20(25)26-8-12)11-29(18)19-14-9-28(10-15(14)19)13-3-5-30-6-4-13/h7-8,11,13-15,19H,2-6,9-10H2,1H3,(H2,25,26)/t14-,15+,19+. The maximum Gasteiger partial charge on any atom is 0.419 e. The Balaban J connectivity index is 1.36. The first kappa shape index (κ1) is 19.8. The van der Waals surface area contributed by atoms with Gasteiger partial charge in [0.2, 0.25) is 0 Å². The zero-order chi connectivity index (χ0) is 21.0. The molecule has 2 saturated heterocycles. The molecule has 30 heavy (non-hydrogen) atoms. The number of rotatable bonds is 4. The average molecular weight is 421 g/mol. The normalized spacial score (nSPS) is 27.4. The second-order valence-electron chi connectivity index (χ2n) is 8.57. The largest absolute Gasteiger partial charge is 0.419 e. The molecule has 2 aliphatic heterocycles. The lowest BCUT2D eigenvalue weighted by Crippen LogP contribution is -2.39. The Kier molecular flexibility index (Phi) is 4.77. The third kappa shape index (κ3) is 3.37. The molecule has 2 N–H and O–H groups in total. The number of halogens is 3. The van der Waals surface area contributed by atoms with Crippen molar-refractivity contribution >= 4 is 5.82 Å². The van der Waals surface area contributed by atoms with Crippen LogP contribution in [0.4, 0.5) is 19.0 Å². The van der Waals surface area contributed by atoms with Gasteiger partial charge in [0.25, 0.3) is 0 Å². The lowest BCUT2D eigenvalue weighted by atomic mass is 10.1. The molecule has 6 nitrogen and oxygen atoms in total. The molecule has 1 aliphatic carbocycles. The number of hydrogen-bond donors (Lipinski definition) is 1. The minimum atomic E-state index is -4.54. The number of pyridine rings is 1. The number of ether oxygens (including phenoxy) is 1. The van der Waals surface area contributed by atoms with E-state index in [0.717, 1.165) is 57.5 Å². The van der Waals surface area contributed by atoms with Gasteiger partial charge in [0, 0.05) is 62.8 Å². The van der Waals surface area contributed by atoms with Crippen molar-refractivity contribution in [3.05, 3.63) is 29.8 Å². The van der Waals surface area contributed by atoms with Gasteiger partial charge in [-0.3, -0.25) is 4.90 Å². The fraction of sp³-hybridized carbons (Fsp3) is 0.619. The first-order chi connectivity index (χ1) is 14.4.